The summed E-state index contributed by atoms with van der Waals surface area (Å²) in [6.07, 6.45) is 1.01. The Morgan fingerprint density at radius 1 is 1.03 bits per heavy atom. The van der Waals surface area contributed by atoms with Gasteiger partial charge in [-0.3, -0.25) is 4.79 Å². The highest BCUT2D eigenvalue weighted by Gasteiger charge is 2.32. The summed E-state index contributed by atoms with van der Waals surface area (Å²) in [5.74, 6) is 1.19. The van der Waals surface area contributed by atoms with E-state index in [0.717, 1.165) is 11.3 Å². The van der Waals surface area contributed by atoms with Crippen LogP contribution in [-0.4, -0.2) is 45.4 Å². The van der Waals surface area contributed by atoms with E-state index < -0.39 is 10.0 Å². The molecular formula is C22H28N2O5S. The molecule has 0 atom stereocenters. The first kappa shape index (κ1) is 22.1. The highest BCUT2D eigenvalue weighted by Crippen LogP contribution is 2.25. The summed E-state index contributed by atoms with van der Waals surface area (Å²) in [4.78, 5) is 12.8. The van der Waals surface area contributed by atoms with Crippen molar-refractivity contribution in [2.45, 2.75) is 31.2 Å². The number of nitrogens with one attached hydrogen (secondary N) is 1. The van der Waals surface area contributed by atoms with Crippen molar-refractivity contribution >= 4 is 15.9 Å². The van der Waals surface area contributed by atoms with Crippen LogP contribution >= 0.6 is 0 Å². The molecule has 0 radical (unpaired) electrons. The van der Waals surface area contributed by atoms with Crippen LogP contribution in [0.5, 0.6) is 11.5 Å². The quantitative estimate of drug-likeness (QED) is 0.693. The molecule has 3 rings (SSSR count). The summed E-state index contributed by atoms with van der Waals surface area (Å²) >= 11 is 0. The molecule has 0 aromatic heterocycles. The average molecular weight is 433 g/mol. The van der Waals surface area contributed by atoms with E-state index in [4.69, 9.17) is 9.47 Å². The van der Waals surface area contributed by atoms with Gasteiger partial charge in [0.05, 0.1) is 18.6 Å². The van der Waals surface area contributed by atoms with Gasteiger partial charge in [0, 0.05) is 25.6 Å². The number of piperidine rings is 1. The number of hydrogen-bond acceptors (Lipinski definition) is 5. The maximum Gasteiger partial charge on any atom is 0.243 e. The van der Waals surface area contributed by atoms with Crippen molar-refractivity contribution in [3.05, 3.63) is 54.1 Å². The number of sulfonamides is 1. The third-order valence-electron chi connectivity index (χ3n) is 5.22. The summed E-state index contributed by atoms with van der Waals surface area (Å²) in [5, 5.41) is 2.96. The topological polar surface area (TPSA) is 84.9 Å². The first-order valence-electron chi connectivity index (χ1n) is 10.1. The van der Waals surface area contributed by atoms with E-state index in [1.54, 1.807) is 24.3 Å². The fourth-order valence-corrected chi connectivity index (χ4v) is 4.93. The molecule has 8 heteroatoms. The molecule has 7 nitrogen and oxygen atoms in total. The minimum Gasteiger partial charge on any atom is -0.497 e. The minimum absolute atomic E-state index is 0.0367. The Morgan fingerprint density at radius 2 is 1.63 bits per heavy atom. The van der Waals surface area contributed by atoms with Crippen LogP contribution in [0, 0.1) is 5.92 Å². The van der Waals surface area contributed by atoms with E-state index in [0.29, 0.717) is 44.8 Å². The SMILES string of the molecule is CCOc1ccc(CNC(=O)C2CCN(S(=O)(=O)c3ccc(OC)cc3)CC2)cc1. The lowest BCUT2D eigenvalue weighted by Crippen LogP contribution is -2.42. The van der Waals surface area contributed by atoms with Crippen molar-refractivity contribution in [3.63, 3.8) is 0 Å². The van der Waals surface area contributed by atoms with Crippen molar-refractivity contribution < 1.29 is 22.7 Å². The van der Waals surface area contributed by atoms with E-state index in [9.17, 15) is 13.2 Å². The molecule has 2 aromatic rings. The Labute approximate surface area is 178 Å². The molecule has 30 heavy (non-hydrogen) atoms. The smallest absolute Gasteiger partial charge is 0.243 e. The maximum absolute atomic E-state index is 12.8. The largest absolute Gasteiger partial charge is 0.497 e. The number of ether oxygens (including phenoxy) is 2. The second-order valence-electron chi connectivity index (χ2n) is 7.15. The number of benzene rings is 2. The van der Waals surface area contributed by atoms with Crippen LogP contribution in [0.4, 0.5) is 0 Å². The maximum atomic E-state index is 12.8. The van der Waals surface area contributed by atoms with Gasteiger partial charge in [0.2, 0.25) is 15.9 Å². The van der Waals surface area contributed by atoms with Crippen molar-refractivity contribution in [1.29, 1.82) is 0 Å². The zero-order valence-electron chi connectivity index (χ0n) is 17.3. The molecule has 1 amide bonds. The number of hydrogen-bond donors (Lipinski definition) is 1. The molecule has 1 N–H and O–H groups in total. The van der Waals surface area contributed by atoms with Gasteiger partial charge in [0.15, 0.2) is 0 Å². The monoisotopic (exact) mass is 432 g/mol. The minimum atomic E-state index is -3.57. The third kappa shape index (κ3) is 5.31. The van der Waals surface area contributed by atoms with Gasteiger partial charge in [0.25, 0.3) is 0 Å². The van der Waals surface area contributed by atoms with Crippen LogP contribution in [-0.2, 0) is 21.4 Å². The Hall–Kier alpha value is -2.58. The Morgan fingerprint density at radius 3 is 2.20 bits per heavy atom. The van der Waals surface area contributed by atoms with Crippen LogP contribution in [0.3, 0.4) is 0 Å². The first-order valence-corrected chi connectivity index (χ1v) is 11.5. The van der Waals surface area contributed by atoms with E-state index in [1.807, 2.05) is 31.2 Å². The molecule has 1 aliphatic heterocycles. The van der Waals surface area contributed by atoms with Crippen molar-refractivity contribution in [3.8, 4) is 11.5 Å². The molecule has 1 fully saturated rings. The standard InChI is InChI=1S/C22H28N2O5S/c1-3-29-20-6-4-17(5-7-20)16-23-22(25)18-12-14-24(15-13-18)30(26,27)21-10-8-19(28-2)9-11-21/h4-11,18H,3,12-16H2,1-2H3,(H,23,25). The number of nitrogens with zero attached hydrogens (tertiary/aromatic N) is 1. The van der Waals surface area contributed by atoms with Gasteiger partial charge in [-0.2, -0.15) is 4.31 Å². The molecule has 1 saturated heterocycles. The highest BCUT2D eigenvalue weighted by atomic mass is 32.2. The fraction of sp³-hybridized carbons (Fsp3) is 0.409. The second-order valence-corrected chi connectivity index (χ2v) is 9.09. The summed E-state index contributed by atoms with van der Waals surface area (Å²) in [6, 6.07) is 14.0. The Bertz CT molecular complexity index is 934. The number of amides is 1. The predicted octanol–water partition coefficient (Wildman–Crippen LogP) is 2.81. The number of rotatable bonds is 8. The lowest BCUT2D eigenvalue weighted by molar-refractivity contribution is -0.126. The van der Waals surface area contributed by atoms with E-state index in [-0.39, 0.29) is 16.7 Å². The molecule has 0 bridgehead atoms. The molecule has 0 aliphatic carbocycles. The van der Waals surface area contributed by atoms with Crippen molar-refractivity contribution in [2.75, 3.05) is 26.8 Å². The summed E-state index contributed by atoms with van der Waals surface area (Å²) < 4.78 is 37.6. The van der Waals surface area contributed by atoms with Crippen LogP contribution in [0.1, 0.15) is 25.3 Å². The molecule has 0 spiro atoms. The lowest BCUT2D eigenvalue weighted by atomic mass is 9.97. The molecular weight excluding hydrogens is 404 g/mol. The molecule has 1 aliphatic rings. The van der Waals surface area contributed by atoms with Gasteiger partial charge in [-0.1, -0.05) is 12.1 Å². The van der Waals surface area contributed by atoms with Gasteiger partial charge in [-0.05, 0) is 61.7 Å². The average Bonchev–Trinajstić information content (AvgIpc) is 2.78. The summed E-state index contributed by atoms with van der Waals surface area (Å²) in [6.45, 7) is 3.64. The van der Waals surface area contributed by atoms with E-state index in [2.05, 4.69) is 5.32 Å². The van der Waals surface area contributed by atoms with Crippen LogP contribution in [0.15, 0.2) is 53.4 Å². The highest BCUT2D eigenvalue weighted by molar-refractivity contribution is 7.89. The zero-order valence-corrected chi connectivity index (χ0v) is 18.2. The van der Waals surface area contributed by atoms with Crippen molar-refractivity contribution in [2.24, 2.45) is 5.92 Å². The molecule has 0 unspecified atom stereocenters. The predicted molar refractivity (Wildman–Crippen MR) is 114 cm³/mol. The number of carbonyl (C=O) groups is 1. The van der Waals surface area contributed by atoms with Gasteiger partial charge >= 0.3 is 0 Å². The van der Waals surface area contributed by atoms with E-state index in [1.165, 1.54) is 11.4 Å². The zero-order chi connectivity index (χ0) is 21.6. The van der Waals surface area contributed by atoms with Gasteiger partial charge in [-0.15, -0.1) is 0 Å². The Balaban J connectivity index is 1.51. The van der Waals surface area contributed by atoms with Gasteiger partial charge < -0.3 is 14.8 Å². The lowest BCUT2D eigenvalue weighted by Gasteiger charge is -2.30. The summed E-state index contributed by atoms with van der Waals surface area (Å²) in [5.41, 5.74) is 0.992. The van der Waals surface area contributed by atoms with Crippen molar-refractivity contribution in [1.82, 2.24) is 9.62 Å². The van der Waals surface area contributed by atoms with Crippen LogP contribution < -0.4 is 14.8 Å². The van der Waals surface area contributed by atoms with Crippen LogP contribution in [0.2, 0.25) is 0 Å². The number of carbonyl (C=O) groups excluding carboxylic acids is 1. The molecule has 162 valence electrons. The number of methoxy groups -OCH3 is 1. The normalized spacial score (nSPS) is 15.5. The molecule has 1 heterocycles. The Kier molecular flexibility index (Phi) is 7.33. The first-order chi connectivity index (χ1) is 14.4. The third-order valence-corrected chi connectivity index (χ3v) is 7.14. The van der Waals surface area contributed by atoms with Crippen LogP contribution in [0.25, 0.3) is 0 Å². The van der Waals surface area contributed by atoms with Gasteiger partial charge in [0.1, 0.15) is 11.5 Å². The molecule has 2 aromatic carbocycles. The fourth-order valence-electron chi connectivity index (χ4n) is 3.46. The summed E-state index contributed by atoms with van der Waals surface area (Å²) in [7, 11) is -2.03. The molecule has 0 saturated carbocycles. The van der Waals surface area contributed by atoms with Gasteiger partial charge in [-0.25, -0.2) is 8.42 Å². The second kappa shape index (κ2) is 9.95. The van der Waals surface area contributed by atoms with E-state index >= 15 is 0 Å².